The van der Waals surface area contributed by atoms with Gasteiger partial charge in [-0.25, -0.2) is 0 Å². The van der Waals surface area contributed by atoms with Crippen molar-refractivity contribution in [3.8, 4) is 11.1 Å². The molecule has 0 spiro atoms. The Morgan fingerprint density at radius 2 is 0.947 bits per heavy atom. The summed E-state index contributed by atoms with van der Waals surface area (Å²) >= 11 is 0. The first kappa shape index (κ1) is 18.0. The Balaban J connectivity index is 0.00000162. The number of hydrogen-bond donors (Lipinski definition) is 0. The van der Waals surface area contributed by atoms with Gasteiger partial charge in [0, 0.05) is 0 Å². The molecule has 0 aliphatic rings. The molecule has 3 heteroatoms. The molecular weight excluding hydrogens is 234 g/mol. The molecular formula is C16H10Li2Si. The second kappa shape index (κ2) is 8.20. The van der Waals surface area contributed by atoms with Crippen LogP contribution in [-0.4, -0.2) is 8.07 Å². The van der Waals surface area contributed by atoms with E-state index < -0.39 is 8.07 Å². The maximum atomic E-state index is 7.61. The van der Waals surface area contributed by atoms with Crippen LogP contribution in [0.1, 0.15) is 0 Å². The van der Waals surface area contributed by atoms with Crippen molar-refractivity contribution < 1.29 is 37.7 Å². The summed E-state index contributed by atoms with van der Waals surface area (Å²) in [6.07, 6.45) is 15.2. The number of benzene rings is 2. The molecule has 0 aliphatic heterocycles. The molecule has 0 bridgehead atoms. The molecule has 0 radical (unpaired) electrons. The molecule has 0 atom stereocenters. The molecule has 0 heterocycles. The van der Waals surface area contributed by atoms with Crippen LogP contribution in [0.25, 0.3) is 0 Å². The van der Waals surface area contributed by atoms with Crippen LogP contribution < -0.4 is 48.1 Å². The van der Waals surface area contributed by atoms with Gasteiger partial charge in [0.2, 0.25) is 0 Å². The summed E-state index contributed by atoms with van der Waals surface area (Å²) in [6, 6.07) is 19.4. The Morgan fingerprint density at radius 1 is 0.632 bits per heavy atom. The predicted octanol–water partition coefficient (Wildman–Crippen LogP) is -4.48. The number of hydrogen-bond acceptors (Lipinski definition) is 0. The van der Waals surface area contributed by atoms with Gasteiger partial charge >= 0.3 is 37.7 Å². The Labute approximate surface area is 140 Å². The van der Waals surface area contributed by atoms with Crippen molar-refractivity contribution >= 4 is 18.4 Å². The van der Waals surface area contributed by atoms with E-state index in [4.69, 9.17) is 12.8 Å². The van der Waals surface area contributed by atoms with Gasteiger partial charge in [0.1, 0.15) is 0 Å². The molecule has 0 saturated heterocycles. The summed E-state index contributed by atoms with van der Waals surface area (Å²) in [5, 5.41) is 1.94. The molecule has 0 aromatic heterocycles. The minimum absolute atomic E-state index is 0. The first-order valence-corrected chi connectivity index (χ1v) is 7.32. The van der Waals surface area contributed by atoms with Gasteiger partial charge in [0.25, 0.3) is 0 Å². The van der Waals surface area contributed by atoms with Gasteiger partial charge in [-0.3, -0.25) is 0 Å². The van der Waals surface area contributed by atoms with Crippen LogP contribution in [0.3, 0.4) is 0 Å². The molecule has 0 amide bonds. The molecule has 0 nitrogen and oxygen atoms in total. The van der Waals surface area contributed by atoms with E-state index in [2.05, 4.69) is 11.1 Å². The van der Waals surface area contributed by atoms with Crippen LogP contribution >= 0.6 is 0 Å². The van der Waals surface area contributed by atoms with Crippen LogP contribution in [0.15, 0.2) is 60.7 Å². The average molecular weight is 244 g/mol. The van der Waals surface area contributed by atoms with Gasteiger partial charge in [-0.15, -0.1) is 0 Å². The third-order valence-electron chi connectivity index (χ3n) is 2.79. The zero-order chi connectivity index (χ0) is 12.1. The van der Waals surface area contributed by atoms with E-state index in [1.165, 1.54) is 0 Å². The zero-order valence-electron chi connectivity index (χ0n) is 11.3. The maximum absolute atomic E-state index is 7.61. The van der Waals surface area contributed by atoms with Gasteiger partial charge in [0.15, 0.2) is 8.07 Å². The van der Waals surface area contributed by atoms with Crippen LogP contribution in [-0.2, 0) is 0 Å². The Morgan fingerprint density at radius 3 is 1.21 bits per heavy atom. The quantitative estimate of drug-likeness (QED) is 0.284. The second-order valence-electron chi connectivity index (χ2n) is 3.73. The fraction of sp³-hybridized carbons (Fsp3) is 0. The molecule has 0 unspecified atom stereocenters. The second-order valence-corrected chi connectivity index (χ2v) is 6.89. The van der Waals surface area contributed by atoms with Gasteiger partial charge in [-0.1, -0.05) is 60.7 Å². The monoisotopic (exact) mass is 244 g/mol. The van der Waals surface area contributed by atoms with Crippen LogP contribution in [0.4, 0.5) is 0 Å². The van der Waals surface area contributed by atoms with Gasteiger partial charge in [0.05, 0.1) is 0 Å². The van der Waals surface area contributed by atoms with Gasteiger partial charge in [-0.2, -0.15) is 0 Å². The Hall–Kier alpha value is -1.03. The van der Waals surface area contributed by atoms with E-state index in [1.54, 1.807) is 0 Å². The Bertz CT molecular complexity index is 524. The first-order valence-electron chi connectivity index (χ1n) is 5.32. The number of rotatable bonds is 2. The summed E-state index contributed by atoms with van der Waals surface area (Å²) < 4.78 is 0. The molecule has 80 valence electrons. The smallest absolute Gasteiger partial charge is 0.699 e. The maximum Gasteiger partial charge on any atom is 1.00 e. The van der Waals surface area contributed by atoms with E-state index in [-0.39, 0.29) is 37.7 Å². The van der Waals surface area contributed by atoms with Gasteiger partial charge < -0.3 is 23.9 Å². The van der Waals surface area contributed by atoms with Crippen LogP contribution in [0.5, 0.6) is 0 Å². The summed E-state index contributed by atoms with van der Waals surface area (Å²) in [4.78, 5) is 0. The first-order chi connectivity index (χ1) is 8.33. The van der Waals surface area contributed by atoms with Crippen LogP contribution in [0, 0.1) is 23.9 Å². The molecule has 0 aliphatic carbocycles. The van der Waals surface area contributed by atoms with Crippen molar-refractivity contribution in [1.82, 2.24) is 0 Å². The third kappa shape index (κ3) is 3.50. The summed E-state index contributed by atoms with van der Waals surface area (Å²) in [5.41, 5.74) is 5.18. The van der Waals surface area contributed by atoms with Gasteiger partial charge in [-0.05, 0) is 10.4 Å². The standard InChI is InChI=1S/C16H10Si.2Li/c1-3-17(4-2,15-11-7-5-8-12-15)16-13-9-6-10-14-16;;/h5-14H;;/q-2;2*+1. The normalized spacial score (nSPS) is 9.16. The van der Waals surface area contributed by atoms with Crippen molar-refractivity contribution in [3.05, 3.63) is 73.5 Å². The van der Waals surface area contributed by atoms with Crippen molar-refractivity contribution in [2.75, 3.05) is 0 Å². The molecule has 2 aromatic carbocycles. The minimum atomic E-state index is -2.66. The van der Waals surface area contributed by atoms with Crippen molar-refractivity contribution in [3.63, 3.8) is 0 Å². The van der Waals surface area contributed by atoms with Crippen molar-refractivity contribution in [2.24, 2.45) is 0 Å². The summed E-state index contributed by atoms with van der Waals surface area (Å²) in [6.45, 7) is 0. The van der Waals surface area contributed by atoms with Crippen molar-refractivity contribution in [2.45, 2.75) is 0 Å². The third-order valence-corrected chi connectivity index (χ3v) is 5.94. The summed E-state index contributed by atoms with van der Waals surface area (Å²) in [5.74, 6) is 0. The molecule has 2 rings (SSSR count). The van der Waals surface area contributed by atoms with E-state index in [0.717, 1.165) is 10.4 Å². The predicted molar refractivity (Wildman–Crippen MR) is 72.2 cm³/mol. The fourth-order valence-corrected chi connectivity index (χ4v) is 4.22. The van der Waals surface area contributed by atoms with E-state index >= 15 is 0 Å². The molecule has 19 heavy (non-hydrogen) atoms. The molecule has 0 fully saturated rings. The Kier molecular flexibility index (Phi) is 7.76. The van der Waals surface area contributed by atoms with Crippen molar-refractivity contribution in [1.29, 1.82) is 0 Å². The SMILES string of the molecule is [C-]#C[Si](C#[C-])(c1ccccc1)c1ccccc1.[Li+].[Li+]. The zero-order valence-corrected chi connectivity index (χ0v) is 12.3. The van der Waals surface area contributed by atoms with E-state index in [1.807, 2.05) is 60.7 Å². The molecule has 0 saturated carbocycles. The minimum Gasteiger partial charge on any atom is -0.699 e. The molecule has 2 aromatic rings. The summed E-state index contributed by atoms with van der Waals surface area (Å²) in [7, 11) is -2.66. The topological polar surface area (TPSA) is 0 Å². The van der Waals surface area contributed by atoms with E-state index in [9.17, 15) is 0 Å². The largest absolute Gasteiger partial charge is 1.00 e. The average Bonchev–Trinajstić information content (AvgIpc) is 2.43. The van der Waals surface area contributed by atoms with E-state index in [0.29, 0.717) is 0 Å². The fourth-order valence-electron chi connectivity index (χ4n) is 1.86. The van der Waals surface area contributed by atoms with Crippen LogP contribution in [0.2, 0.25) is 0 Å². The molecule has 0 N–H and O–H groups in total.